The fourth-order valence-electron chi connectivity index (χ4n) is 3.56. The Morgan fingerprint density at radius 1 is 1.29 bits per heavy atom. The van der Waals surface area contributed by atoms with E-state index in [0.717, 1.165) is 52.4 Å². The van der Waals surface area contributed by atoms with E-state index in [2.05, 4.69) is 45.1 Å². The number of ether oxygens (including phenoxy) is 1. The molecule has 2 aromatic rings. The highest BCUT2D eigenvalue weighted by Crippen LogP contribution is 2.30. The Hall–Kier alpha value is -1.86. The van der Waals surface area contributed by atoms with Crippen LogP contribution in [-0.4, -0.2) is 42.0 Å². The van der Waals surface area contributed by atoms with Crippen molar-refractivity contribution in [2.75, 3.05) is 36.5 Å². The number of anilines is 2. The van der Waals surface area contributed by atoms with Gasteiger partial charge in [0.1, 0.15) is 0 Å². The Morgan fingerprint density at radius 2 is 2.00 bits per heavy atom. The topological polar surface area (TPSA) is 59.4 Å². The van der Waals surface area contributed by atoms with Crippen LogP contribution in [0.1, 0.15) is 30.8 Å². The molecule has 1 fully saturated rings. The number of aromatic nitrogens is 2. The van der Waals surface area contributed by atoms with E-state index in [1.165, 1.54) is 0 Å². The van der Waals surface area contributed by atoms with Crippen LogP contribution in [0.15, 0.2) is 22.7 Å². The van der Waals surface area contributed by atoms with E-state index in [1.54, 1.807) is 0 Å². The molecule has 0 radical (unpaired) electrons. The van der Waals surface area contributed by atoms with Gasteiger partial charge in [-0.15, -0.1) is 0 Å². The zero-order valence-electron chi connectivity index (χ0n) is 17.1. The number of nitrogens with one attached hydrogen (secondary N) is 1. The summed E-state index contributed by atoms with van der Waals surface area (Å²) in [5.74, 6) is 0.486. The van der Waals surface area contributed by atoms with Crippen LogP contribution in [0.5, 0.6) is 0 Å². The van der Waals surface area contributed by atoms with Gasteiger partial charge in [0.2, 0.25) is 5.91 Å². The second kappa shape index (κ2) is 9.09. The average Bonchev–Trinajstić information content (AvgIpc) is 2.89. The first-order chi connectivity index (χ1) is 13.3. The normalized spacial score (nSPS) is 14.6. The number of rotatable bonds is 6. The number of benzene rings is 1. The lowest BCUT2D eigenvalue weighted by molar-refractivity contribution is -0.115. The van der Waals surface area contributed by atoms with Gasteiger partial charge in [-0.2, -0.15) is 5.10 Å². The summed E-state index contributed by atoms with van der Waals surface area (Å²) in [6.45, 7) is 12.3. The summed E-state index contributed by atoms with van der Waals surface area (Å²) in [4.78, 5) is 15.1. The number of nitrogens with zero attached hydrogens (tertiary/aromatic N) is 3. The molecule has 152 valence electrons. The zero-order chi connectivity index (χ0) is 20.3. The van der Waals surface area contributed by atoms with Crippen LogP contribution in [0.3, 0.4) is 0 Å². The van der Waals surface area contributed by atoms with Crippen LogP contribution in [-0.2, 0) is 22.5 Å². The third kappa shape index (κ3) is 4.94. The van der Waals surface area contributed by atoms with Crippen molar-refractivity contribution >= 4 is 33.2 Å². The number of aryl methyl sites for hydroxylation is 1. The Labute approximate surface area is 175 Å². The summed E-state index contributed by atoms with van der Waals surface area (Å²) in [6.07, 6.45) is 0.324. The van der Waals surface area contributed by atoms with Crippen LogP contribution in [0.2, 0.25) is 0 Å². The van der Waals surface area contributed by atoms with Gasteiger partial charge in [-0.3, -0.25) is 9.48 Å². The fraction of sp³-hybridized carbons (Fsp3) is 0.524. The van der Waals surface area contributed by atoms with E-state index in [4.69, 9.17) is 4.74 Å². The van der Waals surface area contributed by atoms with Gasteiger partial charge in [0.15, 0.2) is 0 Å². The van der Waals surface area contributed by atoms with Gasteiger partial charge < -0.3 is 15.0 Å². The molecule has 0 aliphatic carbocycles. The number of hydrogen-bond donors (Lipinski definition) is 1. The molecule has 2 heterocycles. The van der Waals surface area contributed by atoms with Crippen molar-refractivity contribution in [1.82, 2.24) is 9.78 Å². The SMILES string of the molecule is Cc1nn(CC(C)C)c(C)c1CC(=O)Nc1cc(Br)ccc1N1CCOCC1. The highest BCUT2D eigenvalue weighted by molar-refractivity contribution is 9.10. The largest absolute Gasteiger partial charge is 0.378 e. The molecule has 3 rings (SSSR count). The molecule has 1 aliphatic rings. The molecular formula is C21H29BrN4O2. The fourth-order valence-corrected chi connectivity index (χ4v) is 3.92. The van der Waals surface area contributed by atoms with Crippen LogP contribution >= 0.6 is 15.9 Å². The van der Waals surface area contributed by atoms with E-state index in [1.807, 2.05) is 36.7 Å². The first kappa shape index (κ1) is 20.9. The Morgan fingerprint density at radius 3 is 2.68 bits per heavy atom. The molecule has 0 saturated carbocycles. The van der Waals surface area contributed by atoms with E-state index in [0.29, 0.717) is 25.6 Å². The lowest BCUT2D eigenvalue weighted by atomic mass is 10.1. The number of morpholine rings is 1. The second-order valence-electron chi connectivity index (χ2n) is 7.71. The molecule has 28 heavy (non-hydrogen) atoms. The minimum absolute atomic E-state index is 0.0251. The molecule has 1 amide bonds. The lowest BCUT2D eigenvalue weighted by Crippen LogP contribution is -2.36. The first-order valence-electron chi connectivity index (χ1n) is 9.80. The van der Waals surface area contributed by atoms with Gasteiger partial charge >= 0.3 is 0 Å². The Bertz CT molecular complexity index is 841. The molecule has 0 bridgehead atoms. The molecule has 6 nitrogen and oxygen atoms in total. The van der Waals surface area contributed by atoms with Crippen molar-refractivity contribution in [3.8, 4) is 0 Å². The van der Waals surface area contributed by atoms with Gasteiger partial charge in [0.25, 0.3) is 0 Å². The van der Waals surface area contributed by atoms with Crippen LogP contribution in [0.25, 0.3) is 0 Å². The number of carbonyl (C=O) groups is 1. The predicted octanol–water partition coefficient (Wildman–Crippen LogP) is 3.94. The Balaban J connectivity index is 1.77. The summed E-state index contributed by atoms with van der Waals surface area (Å²) in [6, 6.07) is 6.01. The highest BCUT2D eigenvalue weighted by Gasteiger charge is 2.19. The third-order valence-electron chi connectivity index (χ3n) is 4.99. The maximum Gasteiger partial charge on any atom is 0.228 e. The predicted molar refractivity (Wildman–Crippen MR) is 116 cm³/mol. The van der Waals surface area contributed by atoms with E-state index >= 15 is 0 Å². The van der Waals surface area contributed by atoms with Crippen molar-refractivity contribution in [3.05, 3.63) is 39.6 Å². The average molecular weight is 449 g/mol. The summed E-state index contributed by atoms with van der Waals surface area (Å²) in [5.41, 5.74) is 4.87. The molecule has 0 atom stereocenters. The molecular weight excluding hydrogens is 420 g/mol. The quantitative estimate of drug-likeness (QED) is 0.726. The van der Waals surface area contributed by atoms with Gasteiger partial charge in [-0.1, -0.05) is 29.8 Å². The summed E-state index contributed by atoms with van der Waals surface area (Å²) in [7, 11) is 0. The molecule has 1 N–H and O–H groups in total. The number of hydrogen-bond acceptors (Lipinski definition) is 4. The molecule has 1 aromatic carbocycles. The van der Waals surface area contributed by atoms with Crippen molar-refractivity contribution in [2.45, 2.75) is 40.7 Å². The molecule has 7 heteroatoms. The van der Waals surface area contributed by atoms with E-state index in [9.17, 15) is 4.79 Å². The molecule has 1 saturated heterocycles. The lowest BCUT2D eigenvalue weighted by Gasteiger charge is -2.30. The highest BCUT2D eigenvalue weighted by atomic mass is 79.9. The van der Waals surface area contributed by atoms with Gasteiger partial charge in [-0.05, 0) is 38.0 Å². The third-order valence-corrected chi connectivity index (χ3v) is 5.48. The summed E-state index contributed by atoms with van der Waals surface area (Å²) >= 11 is 3.52. The van der Waals surface area contributed by atoms with Gasteiger partial charge in [0, 0.05) is 35.4 Å². The van der Waals surface area contributed by atoms with Crippen LogP contribution in [0, 0.1) is 19.8 Å². The van der Waals surface area contributed by atoms with E-state index < -0.39 is 0 Å². The minimum Gasteiger partial charge on any atom is -0.378 e. The summed E-state index contributed by atoms with van der Waals surface area (Å²) in [5, 5.41) is 7.74. The number of amides is 1. The number of halogens is 1. The molecule has 0 spiro atoms. The van der Waals surface area contributed by atoms with E-state index in [-0.39, 0.29) is 5.91 Å². The number of carbonyl (C=O) groups excluding carboxylic acids is 1. The molecule has 1 aliphatic heterocycles. The monoisotopic (exact) mass is 448 g/mol. The summed E-state index contributed by atoms with van der Waals surface area (Å²) < 4.78 is 8.41. The molecule has 1 aromatic heterocycles. The van der Waals surface area contributed by atoms with Crippen molar-refractivity contribution in [2.24, 2.45) is 5.92 Å². The van der Waals surface area contributed by atoms with Gasteiger partial charge in [-0.25, -0.2) is 0 Å². The second-order valence-corrected chi connectivity index (χ2v) is 8.63. The maximum absolute atomic E-state index is 12.9. The van der Waals surface area contributed by atoms with Crippen molar-refractivity contribution in [3.63, 3.8) is 0 Å². The van der Waals surface area contributed by atoms with Gasteiger partial charge in [0.05, 0.1) is 36.7 Å². The van der Waals surface area contributed by atoms with Crippen molar-refractivity contribution in [1.29, 1.82) is 0 Å². The van der Waals surface area contributed by atoms with Crippen LogP contribution < -0.4 is 10.2 Å². The van der Waals surface area contributed by atoms with Crippen LogP contribution in [0.4, 0.5) is 11.4 Å². The molecule has 0 unspecified atom stereocenters. The smallest absolute Gasteiger partial charge is 0.228 e. The Kier molecular flexibility index (Phi) is 6.78. The zero-order valence-corrected chi connectivity index (χ0v) is 18.7. The maximum atomic E-state index is 12.9. The standard InChI is InChI=1S/C21H29BrN4O2/c1-14(2)13-26-16(4)18(15(3)24-26)12-21(27)23-19-11-17(22)5-6-20(19)25-7-9-28-10-8-25/h5-6,11,14H,7-10,12-13H2,1-4H3,(H,23,27). The van der Waals surface area contributed by atoms with Crippen molar-refractivity contribution < 1.29 is 9.53 Å². The first-order valence-corrected chi connectivity index (χ1v) is 10.6. The minimum atomic E-state index is -0.0251.